The predicted molar refractivity (Wildman–Crippen MR) is 103 cm³/mol. The number of amides is 2. The zero-order valence-corrected chi connectivity index (χ0v) is 15.4. The molecule has 27 heavy (non-hydrogen) atoms. The molecule has 5 heteroatoms. The van der Waals surface area contributed by atoms with E-state index < -0.39 is 0 Å². The molecule has 0 radical (unpaired) electrons. The standard InChI is InChI=1S/C22H23FN2O2/c1-2-19(14-5-7-17(23)8-6-14)21(26)24-18-9-10-20-16(13-18)11-12-25(20)22(27)15-3-4-15/h5-10,13,15,19H,2-4,11-12H2,1H3,(H,24,26). The highest BCUT2D eigenvalue weighted by atomic mass is 19.1. The Morgan fingerprint density at radius 1 is 1.19 bits per heavy atom. The zero-order chi connectivity index (χ0) is 19.0. The third kappa shape index (κ3) is 3.59. The lowest BCUT2D eigenvalue weighted by Gasteiger charge is -2.18. The van der Waals surface area contributed by atoms with Crippen molar-refractivity contribution in [2.24, 2.45) is 5.92 Å². The Morgan fingerprint density at radius 2 is 1.93 bits per heavy atom. The average molecular weight is 366 g/mol. The number of nitrogens with one attached hydrogen (secondary N) is 1. The molecule has 4 nitrogen and oxygen atoms in total. The summed E-state index contributed by atoms with van der Waals surface area (Å²) in [6.07, 6.45) is 3.44. The zero-order valence-electron chi connectivity index (χ0n) is 15.4. The molecule has 1 fully saturated rings. The molecule has 2 aliphatic rings. The van der Waals surface area contributed by atoms with E-state index in [2.05, 4.69) is 5.32 Å². The van der Waals surface area contributed by atoms with Crippen molar-refractivity contribution < 1.29 is 14.0 Å². The Balaban J connectivity index is 1.48. The highest BCUT2D eigenvalue weighted by Gasteiger charge is 2.36. The van der Waals surface area contributed by atoms with Gasteiger partial charge in [0.2, 0.25) is 11.8 Å². The number of anilines is 2. The van der Waals surface area contributed by atoms with Crippen molar-refractivity contribution in [1.29, 1.82) is 0 Å². The van der Waals surface area contributed by atoms with E-state index in [1.165, 1.54) is 12.1 Å². The highest BCUT2D eigenvalue weighted by molar-refractivity contribution is 5.99. The molecule has 1 aliphatic heterocycles. The number of carbonyl (C=O) groups excluding carboxylic acids is 2. The minimum Gasteiger partial charge on any atom is -0.326 e. The molecule has 2 amide bonds. The van der Waals surface area contributed by atoms with Crippen LogP contribution in [0.5, 0.6) is 0 Å². The van der Waals surface area contributed by atoms with Gasteiger partial charge in [-0.15, -0.1) is 0 Å². The van der Waals surface area contributed by atoms with E-state index in [1.807, 2.05) is 30.0 Å². The van der Waals surface area contributed by atoms with Crippen molar-refractivity contribution in [3.63, 3.8) is 0 Å². The summed E-state index contributed by atoms with van der Waals surface area (Å²) in [5, 5.41) is 2.98. The molecule has 4 rings (SSSR count). The maximum atomic E-state index is 13.1. The van der Waals surface area contributed by atoms with Crippen molar-refractivity contribution in [2.45, 2.75) is 38.5 Å². The first-order valence-electron chi connectivity index (χ1n) is 9.57. The summed E-state index contributed by atoms with van der Waals surface area (Å²) in [6.45, 7) is 2.66. The SMILES string of the molecule is CCC(C(=O)Nc1ccc2c(c1)CCN2C(=O)C1CC1)c1ccc(F)cc1. The maximum absolute atomic E-state index is 13.1. The van der Waals surface area contributed by atoms with Crippen LogP contribution < -0.4 is 10.2 Å². The van der Waals surface area contributed by atoms with Gasteiger partial charge in [-0.2, -0.15) is 0 Å². The van der Waals surface area contributed by atoms with Crippen molar-refractivity contribution in [1.82, 2.24) is 0 Å². The molecule has 1 atom stereocenters. The molecule has 0 saturated heterocycles. The van der Waals surface area contributed by atoms with Crippen LogP contribution in [0, 0.1) is 11.7 Å². The van der Waals surface area contributed by atoms with Crippen LogP contribution in [0.1, 0.15) is 43.2 Å². The van der Waals surface area contributed by atoms with Gasteiger partial charge in [0, 0.05) is 23.8 Å². The molecule has 140 valence electrons. The Bertz CT molecular complexity index is 874. The van der Waals surface area contributed by atoms with Gasteiger partial charge in [0.1, 0.15) is 5.82 Å². The fraction of sp³-hybridized carbons (Fsp3) is 0.364. The van der Waals surface area contributed by atoms with Crippen LogP contribution in [0.4, 0.5) is 15.8 Å². The molecule has 1 saturated carbocycles. The molecule has 0 spiro atoms. The summed E-state index contributed by atoms with van der Waals surface area (Å²) >= 11 is 0. The first-order chi connectivity index (χ1) is 13.1. The second-order valence-electron chi connectivity index (χ2n) is 7.36. The Morgan fingerprint density at radius 3 is 2.59 bits per heavy atom. The summed E-state index contributed by atoms with van der Waals surface area (Å²) in [4.78, 5) is 27.0. The van der Waals surface area contributed by atoms with E-state index in [9.17, 15) is 14.0 Å². The second kappa shape index (κ2) is 7.14. The number of nitrogens with zero attached hydrogens (tertiary/aromatic N) is 1. The number of hydrogen-bond acceptors (Lipinski definition) is 2. The van der Waals surface area contributed by atoms with Gasteiger partial charge in [0.15, 0.2) is 0 Å². The highest BCUT2D eigenvalue weighted by Crippen LogP contribution is 2.37. The molecule has 1 unspecified atom stereocenters. The minimum atomic E-state index is -0.327. The fourth-order valence-electron chi connectivity index (χ4n) is 3.76. The van der Waals surface area contributed by atoms with E-state index in [4.69, 9.17) is 0 Å². The number of benzene rings is 2. The Kier molecular flexibility index (Phi) is 4.68. The van der Waals surface area contributed by atoms with Crippen molar-refractivity contribution >= 4 is 23.2 Å². The number of rotatable bonds is 5. The number of carbonyl (C=O) groups is 2. The van der Waals surface area contributed by atoms with E-state index in [1.54, 1.807) is 12.1 Å². The first-order valence-corrected chi connectivity index (χ1v) is 9.57. The molecule has 0 aromatic heterocycles. The van der Waals surface area contributed by atoms with Crippen LogP contribution in [0.2, 0.25) is 0 Å². The maximum Gasteiger partial charge on any atom is 0.231 e. The summed E-state index contributed by atoms with van der Waals surface area (Å²) in [7, 11) is 0. The third-order valence-corrected chi connectivity index (χ3v) is 5.43. The average Bonchev–Trinajstić information content (AvgIpc) is 3.43. The van der Waals surface area contributed by atoms with Gasteiger partial charge >= 0.3 is 0 Å². The van der Waals surface area contributed by atoms with Gasteiger partial charge in [-0.3, -0.25) is 9.59 Å². The van der Waals surface area contributed by atoms with Crippen LogP contribution in [0.15, 0.2) is 42.5 Å². The predicted octanol–water partition coefficient (Wildman–Crippen LogP) is 4.26. The molecular formula is C22H23FN2O2. The summed E-state index contributed by atoms with van der Waals surface area (Å²) in [5.41, 5.74) is 3.60. The summed E-state index contributed by atoms with van der Waals surface area (Å²) in [6, 6.07) is 11.8. The topological polar surface area (TPSA) is 49.4 Å². The number of hydrogen-bond donors (Lipinski definition) is 1. The molecule has 1 heterocycles. The smallest absolute Gasteiger partial charge is 0.231 e. The monoisotopic (exact) mass is 366 g/mol. The minimum absolute atomic E-state index is 0.104. The van der Waals surface area contributed by atoms with Crippen LogP contribution in [-0.2, 0) is 16.0 Å². The van der Waals surface area contributed by atoms with Crippen LogP contribution in [-0.4, -0.2) is 18.4 Å². The van der Waals surface area contributed by atoms with Crippen molar-refractivity contribution in [3.8, 4) is 0 Å². The fourth-order valence-corrected chi connectivity index (χ4v) is 3.76. The summed E-state index contributed by atoms with van der Waals surface area (Å²) < 4.78 is 13.1. The van der Waals surface area contributed by atoms with Gasteiger partial charge in [-0.1, -0.05) is 19.1 Å². The lowest BCUT2D eigenvalue weighted by Crippen LogP contribution is -2.30. The van der Waals surface area contributed by atoms with E-state index in [-0.39, 0.29) is 29.5 Å². The first kappa shape index (κ1) is 17.7. The molecule has 1 N–H and O–H groups in total. The van der Waals surface area contributed by atoms with Crippen molar-refractivity contribution in [3.05, 3.63) is 59.4 Å². The van der Waals surface area contributed by atoms with E-state index in [0.717, 1.165) is 48.3 Å². The lowest BCUT2D eigenvalue weighted by atomic mass is 9.95. The van der Waals surface area contributed by atoms with E-state index in [0.29, 0.717) is 6.42 Å². The molecule has 2 aromatic rings. The molecule has 0 bridgehead atoms. The van der Waals surface area contributed by atoms with Gasteiger partial charge < -0.3 is 10.2 Å². The number of halogens is 1. The number of fused-ring (bicyclic) bond motifs is 1. The normalized spacial score (nSPS) is 16.7. The Labute approximate surface area is 158 Å². The van der Waals surface area contributed by atoms with E-state index >= 15 is 0 Å². The van der Waals surface area contributed by atoms with Gasteiger partial charge in [0.05, 0.1) is 5.92 Å². The third-order valence-electron chi connectivity index (χ3n) is 5.43. The molecule has 1 aliphatic carbocycles. The van der Waals surface area contributed by atoms with Gasteiger partial charge in [-0.05, 0) is 67.1 Å². The van der Waals surface area contributed by atoms with Crippen molar-refractivity contribution in [2.75, 3.05) is 16.8 Å². The van der Waals surface area contributed by atoms with Gasteiger partial charge in [-0.25, -0.2) is 4.39 Å². The van der Waals surface area contributed by atoms with Crippen LogP contribution in [0.25, 0.3) is 0 Å². The van der Waals surface area contributed by atoms with Gasteiger partial charge in [0.25, 0.3) is 0 Å². The second-order valence-corrected chi connectivity index (χ2v) is 7.36. The lowest BCUT2D eigenvalue weighted by molar-refractivity contribution is -0.119. The Hall–Kier alpha value is -2.69. The van der Waals surface area contributed by atoms with Crippen LogP contribution in [0.3, 0.4) is 0 Å². The molecule has 2 aromatic carbocycles. The largest absolute Gasteiger partial charge is 0.326 e. The molecular weight excluding hydrogens is 343 g/mol. The summed E-state index contributed by atoms with van der Waals surface area (Å²) in [5.74, 6) is -0.304. The van der Waals surface area contributed by atoms with Crippen LogP contribution >= 0.6 is 0 Å². The quantitative estimate of drug-likeness (QED) is 0.860.